The highest BCUT2D eigenvalue weighted by Crippen LogP contribution is 2.29. The number of methoxy groups -OCH3 is 1. The van der Waals surface area contributed by atoms with E-state index in [9.17, 15) is 14.0 Å². The Morgan fingerprint density at radius 3 is 2.56 bits per heavy atom. The third-order valence-electron chi connectivity index (χ3n) is 4.46. The van der Waals surface area contributed by atoms with Gasteiger partial charge in [0.05, 0.1) is 19.2 Å². The van der Waals surface area contributed by atoms with Crippen LogP contribution >= 0.6 is 11.8 Å². The van der Waals surface area contributed by atoms with Crippen molar-refractivity contribution in [1.29, 1.82) is 0 Å². The van der Waals surface area contributed by atoms with Crippen LogP contribution in [0.4, 0.5) is 4.39 Å². The normalized spacial score (nSPS) is 19.0. The van der Waals surface area contributed by atoms with E-state index in [0.29, 0.717) is 5.56 Å². The van der Waals surface area contributed by atoms with Crippen molar-refractivity contribution in [3.05, 3.63) is 59.9 Å². The Balaban J connectivity index is 1.85. The van der Waals surface area contributed by atoms with Gasteiger partial charge in [-0.3, -0.25) is 4.79 Å². The Bertz CT molecular complexity index is 844. The predicted octanol–water partition coefficient (Wildman–Crippen LogP) is 3.38. The zero-order valence-electron chi connectivity index (χ0n) is 15.1. The van der Waals surface area contributed by atoms with Gasteiger partial charge in [-0.05, 0) is 30.5 Å². The van der Waals surface area contributed by atoms with Crippen LogP contribution in [0.3, 0.4) is 0 Å². The average molecular weight is 389 g/mol. The zero-order chi connectivity index (χ0) is 19.4. The molecule has 0 aromatic heterocycles. The summed E-state index contributed by atoms with van der Waals surface area (Å²) in [5.74, 6) is -1.16. The van der Waals surface area contributed by atoms with Gasteiger partial charge in [-0.2, -0.15) is 0 Å². The fourth-order valence-corrected chi connectivity index (χ4v) is 3.75. The van der Waals surface area contributed by atoms with Gasteiger partial charge >= 0.3 is 5.97 Å². The van der Waals surface area contributed by atoms with Gasteiger partial charge in [0.25, 0.3) is 5.91 Å². The topological polar surface area (TPSA) is 55.8 Å². The quantitative estimate of drug-likeness (QED) is 0.580. The summed E-state index contributed by atoms with van der Waals surface area (Å²) in [5, 5.41) is 0. The van der Waals surface area contributed by atoms with Crippen LogP contribution < -0.4 is 4.74 Å². The minimum absolute atomic E-state index is 0.102. The summed E-state index contributed by atoms with van der Waals surface area (Å²) >= 11 is 1.46. The van der Waals surface area contributed by atoms with Crippen LogP contribution in [-0.4, -0.2) is 48.8 Å². The number of nitrogens with zero attached hydrogens (tertiary/aromatic N) is 1. The second-order valence-electron chi connectivity index (χ2n) is 6.10. The van der Waals surface area contributed by atoms with E-state index in [1.807, 2.05) is 18.4 Å². The Morgan fingerprint density at radius 2 is 1.85 bits per heavy atom. The predicted molar refractivity (Wildman–Crippen MR) is 100 cm³/mol. The van der Waals surface area contributed by atoms with E-state index in [-0.39, 0.29) is 24.6 Å². The summed E-state index contributed by atoms with van der Waals surface area (Å²) in [4.78, 5) is 27.6. The van der Waals surface area contributed by atoms with Crippen molar-refractivity contribution >= 4 is 23.6 Å². The number of halogens is 1. The molecule has 1 aliphatic rings. The van der Waals surface area contributed by atoms with Crippen LogP contribution in [0.15, 0.2) is 53.4 Å². The summed E-state index contributed by atoms with van der Waals surface area (Å²) in [6.07, 6.45) is 1.63. The van der Waals surface area contributed by atoms with E-state index >= 15 is 0 Å². The molecule has 1 amide bonds. The first-order valence-corrected chi connectivity index (χ1v) is 9.70. The molecule has 2 atom stereocenters. The van der Waals surface area contributed by atoms with Crippen molar-refractivity contribution in [2.24, 2.45) is 0 Å². The maximum absolute atomic E-state index is 13.9. The molecule has 3 rings (SSSR count). The number of carbonyl (C=O) groups is 2. The molecule has 0 aliphatic carbocycles. The van der Waals surface area contributed by atoms with Crippen molar-refractivity contribution in [1.82, 2.24) is 4.90 Å². The Morgan fingerprint density at radius 1 is 1.15 bits per heavy atom. The summed E-state index contributed by atoms with van der Waals surface area (Å²) in [6, 6.07) is 12.5. The fourth-order valence-electron chi connectivity index (χ4n) is 3.16. The highest BCUT2D eigenvalue weighted by molar-refractivity contribution is 7.98. The molecule has 142 valence electrons. The first-order chi connectivity index (χ1) is 13.0. The lowest BCUT2D eigenvalue weighted by atomic mass is 10.1. The second kappa shape index (κ2) is 8.43. The third-order valence-corrected chi connectivity index (χ3v) is 5.26. The van der Waals surface area contributed by atoms with Gasteiger partial charge in [0.2, 0.25) is 0 Å². The number of hydrogen-bond donors (Lipinski definition) is 0. The monoisotopic (exact) mass is 389 g/mol. The van der Waals surface area contributed by atoms with Gasteiger partial charge in [-0.1, -0.05) is 24.3 Å². The number of amides is 1. The van der Waals surface area contributed by atoms with E-state index < -0.39 is 23.9 Å². The van der Waals surface area contributed by atoms with E-state index in [1.165, 1.54) is 35.9 Å². The fraction of sp³-hybridized carbons (Fsp3) is 0.300. The number of rotatable bonds is 5. The first-order valence-electron chi connectivity index (χ1n) is 8.48. The van der Waals surface area contributed by atoms with E-state index in [0.717, 1.165) is 4.90 Å². The van der Waals surface area contributed by atoms with Gasteiger partial charge in [0.15, 0.2) is 11.6 Å². The van der Waals surface area contributed by atoms with E-state index in [1.54, 1.807) is 24.3 Å². The van der Waals surface area contributed by atoms with Gasteiger partial charge in [-0.25, -0.2) is 9.18 Å². The maximum atomic E-state index is 13.9. The average Bonchev–Trinajstić information content (AvgIpc) is 3.12. The zero-order valence-corrected chi connectivity index (χ0v) is 15.9. The van der Waals surface area contributed by atoms with Crippen LogP contribution in [0.1, 0.15) is 16.8 Å². The number of hydrogen-bond acceptors (Lipinski definition) is 5. The number of carbonyl (C=O) groups excluding carboxylic acids is 2. The van der Waals surface area contributed by atoms with Crippen molar-refractivity contribution in [2.75, 3.05) is 19.9 Å². The molecule has 7 heteroatoms. The van der Waals surface area contributed by atoms with Crippen LogP contribution in [0.25, 0.3) is 0 Å². The SMILES string of the molecule is COC(=O)C1CC(Oc2ccccc2F)CN1C(=O)c1ccccc1SC. The molecule has 5 nitrogen and oxygen atoms in total. The van der Waals surface area contributed by atoms with Crippen molar-refractivity contribution in [3.63, 3.8) is 0 Å². The van der Waals surface area contributed by atoms with Gasteiger partial charge < -0.3 is 14.4 Å². The van der Waals surface area contributed by atoms with Crippen LogP contribution in [-0.2, 0) is 9.53 Å². The van der Waals surface area contributed by atoms with Gasteiger partial charge in [0, 0.05) is 11.3 Å². The second-order valence-corrected chi connectivity index (χ2v) is 6.95. The largest absolute Gasteiger partial charge is 0.485 e. The van der Waals surface area contributed by atoms with E-state index in [2.05, 4.69) is 0 Å². The molecule has 1 saturated heterocycles. The summed E-state index contributed by atoms with van der Waals surface area (Å²) < 4.78 is 24.5. The Labute approximate surface area is 161 Å². The van der Waals surface area contributed by atoms with Crippen LogP contribution in [0.2, 0.25) is 0 Å². The summed E-state index contributed by atoms with van der Waals surface area (Å²) in [6.45, 7) is 0.176. The lowest BCUT2D eigenvalue weighted by molar-refractivity contribution is -0.145. The number of benzene rings is 2. The maximum Gasteiger partial charge on any atom is 0.328 e. The molecular formula is C20H20FNO4S. The van der Waals surface area contributed by atoms with Crippen LogP contribution in [0, 0.1) is 5.82 Å². The number of ether oxygens (including phenoxy) is 2. The summed E-state index contributed by atoms with van der Waals surface area (Å²) in [7, 11) is 1.28. The molecule has 0 N–H and O–H groups in total. The number of likely N-dealkylation sites (tertiary alicyclic amines) is 1. The molecule has 2 aromatic rings. The summed E-state index contributed by atoms with van der Waals surface area (Å²) in [5.41, 5.74) is 0.519. The molecule has 0 saturated carbocycles. The molecule has 1 aliphatic heterocycles. The Hall–Kier alpha value is -2.54. The lowest BCUT2D eigenvalue weighted by Gasteiger charge is -2.23. The standard InChI is InChI=1S/C20H20FNO4S/c1-25-20(24)16-11-13(26-17-9-5-4-8-15(17)21)12-22(16)19(23)14-7-3-6-10-18(14)27-2/h3-10,13,16H,11-12H2,1-2H3. The highest BCUT2D eigenvalue weighted by Gasteiger charge is 2.42. The molecular weight excluding hydrogens is 369 g/mol. The molecule has 0 spiro atoms. The minimum Gasteiger partial charge on any atom is -0.485 e. The first kappa shape index (κ1) is 19.2. The number of esters is 1. The Kier molecular flexibility index (Phi) is 6.01. The van der Waals surface area contributed by atoms with Crippen molar-refractivity contribution in [2.45, 2.75) is 23.5 Å². The molecule has 1 heterocycles. The van der Waals surface area contributed by atoms with Gasteiger partial charge in [0.1, 0.15) is 12.1 Å². The molecule has 27 heavy (non-hydrogen) atoms. The van der Waals surface area contributed by atoms with Gasteiger partial charge in [-0.15, -0.1) is 11.8 Å². The number of para-hydroxylation sites is 1. The highest BCUT2D eigenvalue weighted by atomic mass is 32.2. The third kappa shape index (κ3) is 4.08. The molecule has 0 radical (unpaired) electrons. The number of thioether (sulfide) groups is 1. The van der Waals surface area contributed by atoms with Crippen LogP contribution in [0.5, 0.6) is 5.75 Å². The lowest BCUT2D eigenvalue weighted by Crippen LogP contribution is -2.41. The van der Waals surface area contributed by atoms with Crippen molar-refractivity contribution in [3.8, 4) is 5.75 Å². The molecule has 2 aromatic carbocycles. The molecule has 1 fully saturated rings. The smallest absolute Gasteiger partial charge is 0.328 e. The molecule has 2 unspecified atom stereocenters. The van der Waals surface area contributed by atoms with E-state index in [4.69, 9.17) is 9.47 Å². The molecule has 0 bridgehead atoms. The van der Waals surface area contributed by atoms with Crippen molar-refractivity contribution < 1.29 is 23.5 Å². The minimum atomic E-state index is -0.769.